The van der Waals surface area contributed by atoms with Crippen LogP contribution in [0.25, 0.3) is 10.9 Å². The summed E-state index contributed by atoms with van der Waals surface area (Å²) in [7, 11) is 4.18. The average Bonchev–Trinajstić information content (AvgIpc) is 3.58. The second kappa shape index (κ2) is 12.6. The van der Waals surface area contributed by atoms with Gasteiger partial charge in [0.05, 0.1) is 29.1 Å². The van der Waals surface area contributed by atoms with Crippen molar-refractivity contribution in [2.24, 2.45) is 4.99 Å². The molecule has 2 heterocycles. The summed E-state index contributed by atoms with van der Waals surface area (Å²) < 4.78 is 0. The zero-order valence-electron chi connectivity index (χ0n) is 23.9. The fourth-order valence-electron chi connectivity index (χ4n) is 5.27. The molecule has 3 aromatic carbocycles. The van der Waals surface area contributed by atoms with Crippen LogP contribution >= 0.6 is 0 Å². The van der Waals surface area contributed by atoms with Crippen LogP contribution in [0.1, 0.15) is 43.8 Å². The highest BCUT2D eigenvalue weighted by Crippen LogP contribution is 2.33. The molecule has 5 rings (SSSR count). The molecule has 42 heavy (non-hydrogen) atoms. The maximum atomic E-state index is 12.7. The van der Waals surface area contributed by atoms with E-state index in [1.807, 2.05) is 30.3 Å². The van der Waals surface area contributed by atoms with E-state index in [2.05, 4.69) is 34.4 Å². The number of rotatable bonds is 10. The number of aromatic amines is 1. The van der Waals surface area contributed by atoms with E-state index in [1.54, 1.807) is 37.3 Å². The Morgan fingerprint density at radius 2 is 1.83 bits per heavy atom. The number of nitrogens with zero attached hydrogens (tertiary/aromatic N) is 3. The second-order valence-corrected chi connectivity index (χ2v) is 10.7. The molecular formula is C32H35N5O5. The van der Waals surface area contributed by atoms with E-state index in [0.717, 1.165) is 31.6 Å². The number of nitrogens with one attached hydrogen (secondary N) is 2. The minimum atomic E-state index is -1.04. The maximum absolute atomic E-state index is 12.7. The number of likely N-dealkylation sites (tertiary alicyclic amines) is 1. The van der Waals surface area contributed by atoms with Gasteiger partial charge in [0.1, 0.15) is 0 Å². The van der Waals surface area contributed by atoms with Crippen molar-refractivity contribution in [3.8, 4) is 5.88 Å². The number of carbonyl (C=O) groups excluding carboxylic acids is 1. The van der Waals surface area contributed by atoms with E-state index in [4.69, 9.17) is 9.83 Å². The predicted molar refractivity (Wildman–Crippen MR) is 162 cm³/mol. The van der Waals surface area contributed by atoms with Gasteiger partial charge in [-0.25, -0.2) is 15.3 Å². The number of likely N-dealkylation sites (N-methyl/N-ethyl adjacent to an activating group) is 1. The van der Waals surface area contributed by atoms with Crippen molar-refractivity contribution in [2.45, 2.75) is 19.4 Å². The van der Waals surface area contributed by atoms with Crippen LogP contribution in [0, 0.1) is 6.92 Å². The Balaban J connectivity index is 1.33. The molecule has 1 aliphatic rings. The molecule has 10 heteroatoms. The van der Waals surface area contributed by atoms with Gasteiger partial charge in [-0.3, -0.25) is 14.5 Å². The van der Waals surface area contributed by atoms with Gasteiger partial charge in [0.15, 0.2) is 5.88 Å². The number of aromatic carboxylic acids is 1. The van der Waals surface area contributed by atoms with Crippen LogP contribution in [-0.4, -0.2) is 89.0 Å². The average molecular weight is 570 g/mol. The standard InChI is InChI=1S/C32H35N5O5/c1-20-17-26-27(18-25(20)32(40)41)34-31(39)28(26)29(21-7-5-4-6-8-21)33-23-11-9-22(10-12-23)30(38)35-42-16-15-37-14-13-24(19-37)36(2)3/h4-12,17-18,24,34,39H,13-16,19H2,1-3H3,(H,35,38)(H,40,41). The fourth-order valence-corrected chi connectivity index (χ4v) is 5.27. The number of fused-ring (bicyclic) bond motifs is 1. The number of aromatic nitrogens is 1. The van der Waals surface area contributed by atoms with E-state index in [-0.39, 0.29) is 17.4 Å². The van der Waals surface area contributed by atoms with Gasteiger partial charge < -0.3 is 20.1 Å². The molecule has 1 saturated heterocycles. The van der Waals surface area contributed by atoms with Crippen molar-refractivity contribution in [2.75, 3.05) is 40.3 Å². The number of hydroxylamine groups is 1. The lowest BCUT2D eigenvalue weighted by Gasteiger charge is -2.20. The van der Waals surface area contributed by atoms with E-state index in [0.29, 0.717) is 51.6 Å². The molecule has 1 aliphatic heterocycles. The Morgan fingerprint density at radius 3 is 2.50 bits per heavy atom. The number of carboxylic acid groups (broad SMARTS) is 1. The highest BCUT2D eigenvalue weighted by Gasteiger charge is 2.24. The third-order valence-electron chi connectivity index (χ3n) is 7.66. The van der Waals surface area contributed by atoms with Gasteiger partial charge in [0, 0.05) is 41.2 Å². The third kappa shape index (κ3) is 6.36. The topological polar surface area (TPSA) is 130 Å². The minimum absolute atomic E-state index is 0.117. The first-order valence-corrected chi connectivity index (χ1v) is 13.9. The third-order valence-corrected chi connectivity index (χ3v) is 7.66. The predicted octanol–water partition coefficient (Wildman–Crippen LogP) is 4.35. The summed E-state index contributed by atoms with van der Waals surface area (Å²) in [6.07, 6.45) is 1.13. The van der Waals surface area contributed by atoms with Crippen LogP contribution < -0.4 is 5.48 Å². The van der Waals surface area contributed by atoms with Crippen LogP contribution in [0.15, 0.2) is 71.7 Å². The molecular weight excluding hydrogens is 534 g/mol. The highest BCUT2D eigenvalue weighted by molar-refractivity contribution is 6.22. The maximum Gasteiger partial charge on any atom is 0.336 e. The number of hydrogen-bond donors (Lipinski definition) is 4. The van der Waals surface area contributed by atoms with Crippen LogP contribution in [0.5, 0.6) is 5.88 Å². The molecule has 1 fully saturated rings. The highest BCUT2D eigenvalue weighted by atomic mass is 16.7. The second-order valence-electron chi connectivity index (χ2n) is 10.7. The summed E-state index contributed by atoms with van der Waals surface area (Å²) in [4.78, 5) is 42.1. The number of aliphatic imine (C=N–C) groups is 1. The van der Waals surface area contributed by atoms with Crippen LogP contribution in [0.4, 0.5) is 5.69 Å². The summed E-state index contributed by atoms with van der Waals surface area (Å²) in [5.41, 5.74) is 6.45. The Bertz CT molecular complexity index is 1610. The molecule has 0 radical (unpaired) electrons. The van der Waals surface area contributed by atoms with Gasteiger partial charge in [0.25, 0.3) is 5.91 Å². The van der Waals surface area contributed by atoms with Crippen LogP contribution in [0.2, 0.25) is 0 Å². The number of aryl methyl sites for hydroxylation is 1. The van der Waals surface area contributed by atoms with Crippen molar-refractivity contribution < 1.29 is 24.6 Å². The summed E-state index contributed by atoms with van der Waals surface area (Å²) in [5.74, 6) is -1.50. The summed E-state index contributed by atoms with van der Waals surface area (Å²) in [6.45, 7) is 4.88. The Kier molecular flexibility index (Phi) is 8.67. The van der Waals surface area contributed by atoms with Gasteiger partial charge >= 0.3 is 5.97 Å². The van der Waals surface area contributed by atoms with Gasteiger partial charge in [-0.05, 0) is 75.9 Å². The molecule has 4 aromatic rings. The van der Waals surface area contributed by atoms with E-state index < -0.39 is 5.97 Å². The Labute approximate surface area is 244 Å². The number of hydrogen-bond acceptors (Lipinski definition) is 7. The van der Waals surface area contributed by atoms with Crippen LogP contribution in [0.3, 0.4) is 0 Å². The molecule has 0 bridgehead atoms. The number of H-pyrrole nitrogens is 1. The molecule has 1 unspecified atom stereocenters. The van der Waals surface area contributed by atoms with Gasteiger partial charge in [0.2, 0.25) is 0 Å². The van der Waals surface area contributed by atoms with Crippen molar-refractivity contribution in [3.05, 3.63) is 94.5 Å². The van der Waals surface area contributed by atoms with Gasteiger partial charge in [-0.2, -0.15) is 0 Å². The molecule has 1 atom stereocenters. The van der Waals surface area contributed by atoms with Crippen molar-refractivity contribution in [3.63, 3.8) is 0 Å². The molecule has 10 nitrogen and oxygen atoms in total. The van der Waals surface area contributed by atoms with Gasteiger partial charge in [-0.15, -0.1) is 0 Å². The Morgan fingerprint density at radius 1 is 1.10 bits per heavy atom. The lowest BCUT2D eigenvalue weighted by atomic mass is 9.98. The number of aromatic hydroxyl groups is 1. The first kappa shape index (κ1) is 29.0. The monoisotopic (exact) mass is 569 g/mol. The molecule has 0 saturated carbocycles. The first-order chi connectivity index (χ1) is 20.2. The van der Waals surface area contributed by atoms with E-state index in [9.17, 15) is 19.8 Å². The number of carbonyl (C=O) groups is 2. The Hall–Kier alpha value is -4.51. The molecule has 0 spiro atoms. The quantitative estimate of drug-likeness (QED) is 0.127. The van der Waals surface area contributed by atoms with Crippen molar-refractivity contribution in [1.29, 1.82) is 0 Å². The molecule has 1 aromatic heterocycles. The SMILES string of the molecule is Cc1cc2c(C(=Nc3ccc(C(=O)NOCCN4CCC(N(C)C)C4)cc3)c3ccccc3)c(O)[nH]c2cc1C(=O)O. The molecule has 218 valence electrons. The summed E-state index contributed by atoms with van der Waals surface area (Å²) >= 11 is 0. The zero-order valence-corrected chi connectivity index (χ0v) is 23.9. The normalized spacial score (nSPS) is 15.9. The van der Waals surface area contributed by atoms with Crippen molar-refractivity contribution in [1.82, 2.24) is 20.3 Å². The minimum Gasteiger partial charge on any atom is -0.494 e. The van der Waals surface area contributed by atoms with Crippen LogP contribution in [-0.2, 0) is 4.84 Å². The summed E-state index contributed by atoms with van der Waals surface area (Å²) in [6, 6.07) is 20.0. The molecule has 0 aliphatic carbocycles. The van der Waals surface area contributed by atoms with Gasteiger partial charge in [-0.1, -0.05) is 30.3 Å². The van der Waals surface area contributed by atoms with E-state index in [1.165, 1.54) is 6.07 Å². The summed E-state index contributed by atoms with van der Waals surface area (Å²) in [5, 5.41) is 21.1. The van der Waals surface area contributed by atoms with Crippen molar-refractivity contribution >= 4 is 34.2 Å². The fraction of sp³-hybridized carbons (Fsp3) is 0.281. The smallest absolute Gasteiger partial charge is 0.336 e. The van der Waals surface area contributed by atoms with E-state index >= 15 is 0 Å². The molecule has 1 amide bonds. The largest absolute Gasteiger partial charge is 0.494 e. The lowest BCUT2D eigenvalue weighted by Crippen LogP contribution is -2.34. The lowest BCUT2D eigenvalue weighted by molar-refractivity contribution is 0.0239. The first-order valence-electron chi connectivity index (χ1n) is 13.9. The zero-order chi connectivity index (χ0) is 29.8. The number of benzene rings is 3. The number of amides is 1. The number of carboxylic acids is 1. The molecule has 4 N–H and O–H groups in total.